The summed E-state index contributed by atoms with van der Waals surface area (Å²) in [6, 6.07) is 13.5. The molecule has 6 nitrogen and oxygen atoms in total. The fraction of sp³-hybridized carbons (Fsp3) is 0.364. The van der Waals surface area contributed by atoms with Crippen LogP contribution >= 0.6 is 23.1 Å². The van der Waals surface area contributed by atoms with Crippen LogP contribution in [0.1, 0.15) is 12.8 Å². The second-order valence-electron chi connectivity index (χ2n) is 6.93. The van der Waals surface area contributed by atoms with Gasteiger partial charge in [0.05, 0.1) is 42.8 Å². The molecule has 158 valence electrons. The Morgan fingerprint density at radius 3 is 2.67 bits per heavy atom. The topological polar surface area (TPSA) is 60.9 Å². The second kappa shape index (κ2) is 9.68. The molecule has 1 amide bonds. The highest BCUT2D eigenvalue weighted by Crippen LogP contribution is 2.33. The van der Waals surface area contributed by atoms with Gasteiger partial charge in [-0.25, -0.2) is 4.98 Å². The van der Waals surface area contributed by atoms with E-state index in [1.165, 1.54) is 23.1 Å². The molecule has 1 atom stereocenters. The van der Waals surface area contributed by atoms with Gasteiger partial charge in [0.1, 0.15) is 11.5 Å². The maximum atomic E-state index is 13.2. The van der Waals surface area contributed by atoms with Gasteiger partial charge in [0.25, 0.3) is 0 Å². The van der Waals surface area contributed by atoms with Crippen molar-refractivity contribution in [3.05, 3.63) is 42.5 Å². The minimum atomic E-state index is 0.0253. The molecule has 0 bridgehead atoms. The molecule has 3 aromatic rings. The van der Waals surface area contributed by atoms with Crippen molar-refractivity contribution in [1.29, 1.82) is 0 Å². The van der Waals surface area contributed by atoms with Crippen molar-refractivity contribution in [3.63, 3.8) is 0 Å². The van der Waals surface area contributed by atoms with Crippen molar-refractivity contribution in [2.45, 2.75) is 23.8 Å². The van der Waals surface area contributed by atoms with Gasteiger partial charge in [-0.1, -0.05) is 11.3 Å². The van der Waals surface area contributed by atoms with Gasteiger partial charge < -0.3 is 14.2 Å². The number of methoxy groups -OCH3 is 2. The number of amides is 1. The Bertz CT molecular complexity index is 1000. The van der Waals surface area contributed by atoms with E-state index in [2.05, 4.69) is 0 Å². The molecule has 1 fully saturated rings. The highest BCUT2D eigenvalue weighted by molar-refractivity contribution is 8.00. The highest BCUT2D eigenvalue weighted by atomic mass is 32.2. The standard InChI is InChI=1S/C22H24N2O4S2/c1-26-15-5-8-18(9-6-15)29-14-21(25)24(13-17-4-3-11-28-17)22-23-19-12-16(27-2)7-10-20(19)30-22/h5-10,12,17H,3-4,11,13-14H2,1-2H3. The number of benzene rings is 2. The SMILES string of the molecule is COc1ccc(SCC(=O)N(CC2CCCO2)c2nc3cc(OC)ccc3s2)cc1. The first kappa shape index (κ1) is 21.0. The lowest BCUT2D eigenvalue weighted by Crippen LogP contribution is -2.38. The Morgan fingerprint density at radius 2 is 1.97 bits per heavy atom. The number of ether oxygens (including phenoxy) is 3. The number of carbonyl (C=O) groups excluding carboxylic acids is 1. The van der Waals surface area contributed by atoms with Gasteiger partial charge in [0.15, 0.2) is 5.13 Å². The predicted octanol–water partition coefficient (Wildman–Crippen LogP) is 4.62. The molecule has 0 aliphatic carbocycles. The molecule has 4 rings (SSSR count). The Hall–Kier alpha value is -2.29. The Labute approximate surface area is 184 Å². The van der Waals surface area contributed by atoms with Crippen molar-refractivity contribution in [2.75, 3.05) is 38.0 Å². The van der Waals surface area contributed by atoms with Gasteiger partial charge in [-0.05, 0) is 49.2 Å². The van der Waals surface area contributed by atoms with Gasteiger partial charge in [-0.3, -0.25) is 9.69 Å². The highest BCUT2D eigenvalue weighted by Gasteiger charge is 2.26. The molecular formula is C22H24N2O4S2. The quantitative estimate of drug-likeness (QED) is 0.473. The minimum absolute atomic E-state index is 0.0253. The van der Waals surface area contributed by atoms with E-state index in [-0.39, 0.29) is 12.0 Å². The number of thiazole rings is 1. The number of fused-ring (bicyclic) bond motifs is 1. The van der Waals surface area contributed by atoms with E-state index in [4.69, 9.17) is 19.2 Å². The zero-order valence-electron chi connectivity index (χ0n) is 17.0. The zero-order valence-corrected chi connectivity index (χ0v) is 18.6. The van der Waals surface area contributed by atoms with Crippen LogP contribution in [0, 0.1) is 0 Å². The van der Waals surface area contributed by atoms with Crippen molar-refractivity contribution in [2.24, 2.45) is 0 Å². The number of thioether (sulfide) groups is 1. The molecule has 1 aliphatic heterocycles. The summed E-state index contributed by atoms with van der Waals surface area (Å²) in [5.74, 6) is 1.91. The van der Waals surface area contributed by atoms with Gasteiger partial charge in [0.2, 0.25) is 5.91 Å². The van der Waals surface area contributed by atoms with Crippen LogP contribution in [0.2, 0.25) is 0 Å². The summed E-state index contributed by atoms with van der Waals surface area (Å²) in [5, 5.41) is 0.703. The first-order valence-corrected chi connectivity index (χ1v) is 11.6. The average molecular weight is 445 g/mol. The summed E-state index contributed by atoms with van der Waals surface area (Å²) in [7, 11) is 3.28. The third-order valence-electron chi connectivity index (χ3n) is 4.95. The van der Waals surface area contributed by atoms with Crippen LogP contribution in [-0.4, -0.2) is 50.1 Å². The smallest absolute Gasteiger partial charge is 0.239 e. The van der Waals surface area contributed by atoms with Crippen molar-refractivity contribution in [3.8, 4) is 11.5 Å². The number of anilines is 1. The molecule has 0 saturated carbocycles. The lowest BCUT2D eigenvalue weighted by molar-refractivity contribution is -0.116. The van der Waals surface area contributed by atoms with E-state index in [1.54, 1.807) is 19.1 Å². The van der Waals surface area contributed by atoms with E-state index in [9.17, 15) is 4.79 Å². The third-order valence-corrected chi connectivity index (χ3v) is 7.00. The Balaban J connectivity index is 1.53. The summed E-state index contributed by atoms with van der Waals surface area (Å²) in [5.41, 5.74) is 0.835. The molecule has 0 N–H and O–H groups in total. The number of nitrogens with zero attached hydrogens (tertiary/aromatic N) is 2. The molecule has 0 radical (unpaired) electrons. The summed E-state index contributed by atoms with van der Waals surface area (Å²) in [6.07, 6.45) is 2.06. The molecule has 2 aromatic carbocycles. The zero-order chi connectivity index (χ0) is 20.9. The molecule has 0 spiro atoms. The largest absolute Gasteiger partial charge is 0.497 e. The van der Waals surface area contributed by atoms with Crippen LogP contribution in [0.3, 0.4) is 0 Å². The van der Waals surface area contributed by atoms with Gasteiger partial charge in [-0.15, -0.1) is 11.8 Å². The van der Waals surface area contributed by atoms with Crippen LogP contribution in [0.4, 0.5) is 5.13 Å². The first-order valence-electron chi connectivity index (χ1n) is 9.79. The van der Waals surface area contributed by atoms with Gasteiger partial charge in [-0.2, -0.15) is 0 Å². The summed E-state index contributed by atoms with van der Waals surface area (Å²) in [6.45, 7) is 1.28. The lowest BCUT2D eigenvalue weighted by atomic mass is 10.2. The fourth-order valence-corrected chi connectivity index (χ4v) is 5.06. The third kappa shape index (κ3) is 4.88. The Morgan fingerprint density at radius 1 is 1.20 bits per heavy atom. The summed E-state index contributed by atoms with van der Waals surface area (Å²) < 4.78 is 17.3. The molecule has 30 heavy (non-hydrogen) atoms. The predicted molar refractivity (Wildman–Crippen MR) is 121 cm³/mol. The number of aromatic nitrogens is 1. The van der Waals surface area contributed by atoms with E-state index in [0.717, 1.165) is 46.1 Å². The van der Waals surface area contributed by atoms with Crippen LogP contribution in [-0.2, 0) is 9.53 Å². The van der Waals surface area contributed by atoms with E-state index < -0.39 is 0 Å². The van der Waals surface area contributed by atoms with Gasteiger partial charge in [0, 0.05) is 17.6 Å². The summed E-state index contributed by atoms with van der Waals surface area (Å²) >= 11 is 3.03. The molecule has 1 unspecified atom stereocenters. The Kier molecular flexibility index (Phi) is 6.76. The van der Waals surface area contributed by atoms with Crippen LogP contribution in [0.5, 0.6) is 11.5 Å². The van der Waals surface area contributed by atoms with Crippen molar-refractivity contribution < 1.29 is 19.0 Å². The maximum absolute atomic E-state index is 13.2. The number of hydrogen-bond donors (Lipinski definition) is 0. The number of carbonyl (C=O) groups is 1. The number of rotatable bonds is 8. The first-order chi connectivity index (χ1) is 14.7. The second-order valence-corrected chi connectivity index (χ2v) is 8.99. The van der Waals surface area contributed by atoms with Crippen molar-refractivity contribution in [1.82, 2.24) is 4.98 Å². The normalized spacial score (nSPS) is 16.0. The summed E-state index contributed by atoms with van der Waals surface area (Å²) in [4.78, 5) is 20.7. The van der Waals surface area contributed by atoms with Crippen LogP contribution < -0.4 is 14.4 Å². The molecule has 1 saturated heterocycles. The molecule has 1 aliphatic rings. The maximum Gasteiger partial charge on any atom is 0.239 e. The fourth-order valence-electron chi connectivity index (χ4n) is 3.31. The van der Waals surface area contributed by atoms with E-state index in [1.807, 2.05) is 42.5 Å². The molecule has 2 heterocycles. The molecule has 1 aromatic heterocycles. The van der Waals surface area contributed by atoms with Crippen LogP contribution in [0.15, 0.2) is 47.4 Å². The van der Waals surface area contributed by atoms with Gasteiger partial charge >= 0.3 is 0 Å². The minimum Gasteiger partial charge on any atom is -0.497 e. The molecule has 8 heteroatoms. The van der Waals surface area contributed by atoms with Crippen molar-refractivity contribution >= 4 is 44.4 Å². The lowest BCUT2D eigenvalue weighted by Gasteiger charge is -2.23. The monoisotopic (exact) mass is 444 g/mol. The van der Waals surface area contributed by atoms with E-state index >= 15 is 0 Å². The van der Waals surface area contributed by atoms with E-state index in [0.29, 0.717) is 17.4 Å². The molecular weight excluding hydrogens is 420 g/mol. The van der Waals surface area contributed by atoms with Crippen LogP contribution in [0.25, 0.3) is 10.2 Å². The number of hydrogen-bond acceptors (Lipinski definition) is 7. The average Bonchev–Trinajstić information content (AvgIpc) is 3.45.